The van der Waals surface area contributed by atoms with Gasteiger partial charge in [0.05, 0.1) is 0 Å². The monoisotopic (exact) mass is 471 g/mol. The highest BCUT2D eigenvalue weighted by atomic mass is 19.1. The summed E-state index contributed by atoms with van der Waals surface area (Å²) in [6.07, 6.45) is 7.04. The SMILES string of the molecule is Fc1ccc(CCc2cc(CNC3CCCCC3)cc(OCc3ccc(F)cc3F)c2)c(F)c1. The zero-order valence-corrected chi connectivity index (χ0v) is 19.1. The number of nitrogens with one attached hydrogen (secondary N) is 1. The Morgan fingerprint density at radius 1 is 0.706 bits per heavy atom. The third-order valence-corrected chi connectivity index (χ3v) is 6.33. The molecule has 1 aliphatic rings. The number of halogens is 4. The second-order valence-electron chi connectivity index (χ2n) is 8.96. The minimum Gasteiger partial charge on any atom is -0.489 e. The van der Waals surface area contributed by atoms with Crippen LogP contribution in [-0.4, -0.2) is 6.04 Å². The lowest BCUT2D eigenvalue weighted by molar-refractivity contribution is 0.298. The van der Waals surface area contributed by atoms with Gasteiger partial charge in [-0.2, -0.15) is 0 Å². The van der Waals surface area contributed by atoms with Crippen LogP contribution >= 0.6 is 0 Å². The topological polar surface area (TPSA) is 21.3 Å². The van der Waals surface area contributed by atoms with E-state index in [9.17, 15) is 17.6 Å². The van der Waals surface area contributed by atoms with E-state index in [4.69, 9.17) is 4.74 Å². The van der Waals surface area contributed by atoms with Crippen molar-refractivity contribution < 1.29 is 22.3 Å². The predicted octanol–water partition coefficient (Wildman–Crippen LogP) is 7.03. The Morgan fingerprint density at radius 2 is 1.35 bits per heavy atom. The van der Waals surface area contributed by atoms with Crippen LogP contribution in [0.3, 0.4) is 0 Å². The van der Waals surface area contributed by atoms with E-state index < -0.39 is 23.3 Å². The zero-order valence-electron chi connectivity index (χ0n) is 19.1. The van der Waals surface area contributed by atoms with E-state index in [-0.39, 0.29) is 12.2 Å². The van der Waals surface area contributed by atoms with Crippen LogP contribution in [0.15, 0.2) is 54.6 Å². The van der Waals surface area contributed by atoms with Gasteiger partial charge in [-0.1, -0.05) is 31.4 Å². The van der Waals surface area contributed by atoms with E-state index in [1.807, 2.05) is 12.1 Å². The maximum absolute atomic E-state index is 14.1. The Kier molecular flexibility index (Phi) is 8.22. The summed E-state index contributed by atoms with van der Waals surface area (Å²) >= 11 is 0. The van der Waals surface area contributed by atoms with Crippen LogP contribution in [0, 0.1) is 23.3 Å². The molecule has 4 rings (SSSR count). The minimum atomic E-state index is -0.651. The smallest absolute Gasteiger partial charge is 0.132 e. The van der Waals surface area contributed by atoms with Gasteiger partial charge in [0.15, 0.2) is 0 Å². The molecule has 2 nitrogen and oxygen atoms in total. The molecule has 1 fully saturated rings. The minimum absolute atomic E-state index is 0.0301. The van der Waals surface area contributed by atoms with Crippen molar-refractivity contribution in [2.24, 2.45) is 0 Å². The molecule has 0 amide bonds. The fourth-order valence-electron chi connectivity index (χ4n) is 4.43. The van der Waals surface area contributed by atoms with Gasteiger partial charge < -0.3 is 10.1 Å². The van der Waals surface area contributed by atoms with Crippen molar-refractivity contribution in [1.82, 2.24) is 5.32 Å². The molecule has 0 atom stereocenters. The van der Waals surface area contributed by atoms with Crippen LogP contribution in [0.4, 0.5) is 17.6 Å². The van der Waals surface area contributed by atoms with E-state index in [0.29, 0.717) is 36.7 Å². The van der Waals surface area contributed by atoms with Crippen LogP contribution in [0.1, 0.15) is 54.4 Å². The van der Waals surface area contributed by atoms with E-state index in [1.54, 1.807) is 0 Å². The summed E-state index contributed by atoms with van der Waals surface area (Å²) < 4.78 is 60.4. The van der Waals surface area contributed by atoms with Crippen molar-refractivity contribution in [3.05, 3.63) is 100 Å². The van der Waals surface area contributed by atoms with E-state index in [1.165, 1.54) is 43.5 Å². The molecular weight excluding hydrogens is 442 g/mol. The first-order valence-electron chi connectivity index (χ1n) is 11.8. The van der Waals surface area contributed by atoms with Gasteiger partial charge in [0, 0.05) is 30.3 Å². The Balaban J connectivity index is 1.48. The first-order chi connectivity index (χ1) is 16.5. The Bertz CT molecular complexity index is 1040. The van der Waals surface area contributed by atoms with Gasteiger partial charge in [-0.25, -0.2) is 17.6 Å². The molecule has 0 bridgehead atoms. The molecule has 34 heavy (non-hydrogen) atoms. The van der Waals surface area contributed by atoms with E-state index in [2.05, 4.69) is 11.4 Å². The third kappa shape index (κ3) is 6.83. The van der Waals surface area contributed by atoms with Gasteiger partial charge in [0.1, 0.15) is 35.6 Å². The predicted molar refractivity (Wildman–Crippen MR) is 125 cm³/mol. The first-order valence-corrected chi connectivity index (χ1v) is 11.8. The molecule has 0 spiro atoms. The van der Waals surface area contributed by atoms with Crippen molar-refractivity contribution in [3.63, 3.8) is 0 Å². The molecule has 3 aromatic rings. The molecule has 0 aromatic heterocycles. The Morgan fingerprint density at radius 3 is 2.03 bits per heavy atom. The molecule has 1 saturated carbocycles. The summed E-state index contributed by atoms with van der Waals surface area (Å²) in [4.78, 5) is 0. The summed E-state index contributed by atoms with van der Waals surface area (Å²) in [7, 11) is 0. The number of ether oxygens (including phenoxy) is 1. The molecule has 180 valence electrons. The highest BCUT2D eigenvalue weighted by Crippen LogP contribution is 2.23. The second-order valence-corrected chi connectivity index (χ2v) is 8.96. The molecule has 1 N–H and O–H groups in total. The van der Waals surface area contributed by atoms with E-state index in [0.717, 1.165) is 36.1 Å². The van der Waals surface area contributed by atoms with Crippen LogP contribution in [0.5, 0.6) is 5.75 Å². The third-order valence-electron chi connectivity index (χ3n) is 6.33. The van der Waals surface area contributed by atoms with Crippen molar-refractivity contribution in [2.45, 2.75) is 64.1 Å². The first kappa shape index (κ1) is 24.3. The normalized spacial score (nSPS) is 14.4. The molecule has 0 saturated heterocycles. The molecule has 0 unspecified atom stereocenters. The largest absolute Gasteiger partial charge is 0.489 e. The summed E-state index contributed by atoms with van der Waals surface area (Å²) in [5.74, 6) is -1.87. The van der Waals surface area contributed by atoms with Gasteiger partial charge in [0.25, 0.3) is 0 Å². The lowest BCUT2D eigenvalue weighted by Gasteiger charge is -2.23. The van der Waals surface area contributed by atoms with Crippen LogP contribution in [-0.2, 0) is 26.0 Å². The second kappa shape index (κ2) is 11.5. The highest BCUT2D eigenvalue weighted by Gasteiger charge is 2.14. The fourth-order valence-corrected chi connectivity index (χ4v) is 4.43. The van der Waals surface area contributed by atoms with Crippen LogP contribution in [0.2, 0.25) is 0 Å². The van der Waals surface area contributed by atoms with Gasteiger partial charge in [-0.05, 0) is 72.7 Å². The number of hydrogen-bond donors (Lipinski definition) is 1. The van der Waals surface area contributed by atoms with Crippen LogP contribution < -0.4 is 10.1 Å². The fraction of sp³-hybridized carbons (Fsp3) is 0.357. The molecule has 0 heterocycles. The summed E-state index contributed by atoms with van der Waals surface area (Å²) in [5.41, 5.74) is 2.68. The summed E-state index contributed by atoms with van der Waals surface area (Å²) in [6, 6.07) is 13.4. The maximum Gasteiger partial charge on any atom is 0.132 e. The average Bonchev–Trinajstić information content (AvgIpc) is 2.82. The van der Waals surface area contributed by atoms with Crippen LogP contribution in [0.25, 0.3) is 0 Å². The van der Waals surface area contributed by atoms with Gasteiger partial charge in [-0.3, -0.25) is 0 Å². The van der Waals surface area contributed by atoms with Gasteiger partial charge in [0.2, 0.25) is 0 Å². The molecule has 0 aliphatic heterocycles. The standard InChI is InChI=1S/C28H29F4NO/c29-23-10-8-21(27(31)15-23)7-6-19-12-20(17-33-25-4-2-1-3-5-25)14-26(13-19)34-18-22-9-11-24(30)16-28(22)32/h8-16,25,33H,1-7,17-18H2. The Labute approximate surface area is 198 Å². The maximum atomic E-state index is 14.1. The van der Waals surface area contributed by atoms with Crippen molar-refractivity contribution in [3.8, 4) is 5.75 Å². The number of aryl methyl sites for hydroxylation is 2. The summed E-state index contributed by atoms with van der Waals surface area (Å²) in [5, 5.41) is 3.61. The molecule has 1 aliphatic carbocycles. The van der Waals surface area contributed by atoms with Crippen molar-refractivity contribution in [1.29, 1.82) is 0 Å². The average molecular weight is 472 g/mol. The highest BCUT2D eigenvalue weighted by molar-refractivity contribution is 5.36. The van der Waals surface area contributed by atoms with Crippen molar-refractivity contribution >= 4 is 0 Å². The molecule has 0 radical (unpaired) electrons. The number of benzene rings is 3. The summed E-state index contributed by atoms with van der Waals surface area (Å²) in [6.45, 7) is 0.641. The van der Waals surface area contributed by atoms with Gasteiger partial charge >= 0.3 is 0 Å². The quantitative estimate of drug-likeness (QED) is 0.338. The lowest BCUT2D eigenvalue weighted by Crippen LogP contribution is -2.30. The zero-order chi connectivity index (χ0) is 23.9. The van der Waals surface area contributed by atoms with Crippen molar-refractivity contribution in [2.75, 3.05) is 0 Å². The lowest BCUT2D eigenvalue weighted by atomic mass is 9.95. The molecule has 3 aromatic carbocycles. The van der Waals surface area contributed by atoms with Gasteiger partial charge in [-0.15, -0.1) is 0 Å². The van der Waals surface area contributed by atoms with E-state index >= 15 is 0 Å². The Hall–Kier alpha value is -2.86. The number of hydrogen-bond acceptors (Lipinski definition) is 2. The number of rotatable bonds is 9. The molecular formula is C28H29F4NO. The molecule has 6 heteroatoms.